The van der Waals surface area contributed by atoms with E-state index in [0.29, 0.717) is 12.5 Å². The molecule has 3 N–H and O–H groups in total. The maximum Gasteiger partial charge on any atom is 0.188 e. The molecule has 0 aliphatic rings. The molecule has 1 heterocycles. The summed E-state index contributed by atoms with van der Waals surface area (Å²) in [5.41, 5.74) is 8.35. The minimum absolute atomic E-state index is 0.146. The molecular formula is C19H26N4S. The van der Waals surface area contributed by atoms with Crippen molar-refractivity contribution in [1.82, 2.24) is 10.3 Å². The summed E-state index contributed by atoms with van der Waals surface area (Å²) in [7, 11) is 0. The molecule has 2 aromatic rings. The number of aliphatic imine (C=N–C) groups is 1. The molecule has 1 aromatic carbocycles. The van der Waals surface area contributed by atoms with Crippen LogP contribution in [0.4, 0.5) is 0 Å². The largest absolute Gasteiger partial charge is 0.370 e. The molecule has 2 rings (SSSR count). The van der Waals surface area contributed by atoms with Crippen LogP contribution in [0.2, 0.25) is 0 Å². The molecular weight excluding hydrogens is 316 g/mol. The first kappa shape index (κ1) is 18.3. The fourth-order valence-corrected chi connectivity index (χ4v) is 3.08. The topological polar surface area (TPSA) is 63.3 Å². The van der Waals surface area contributed by atoms with Gasteiger partial charge in [-0.25, -0.2) is 9.98 Å². The van der Waals surface area contributed by atoms with Crippen LogP contribution in [0.3, 0.4) is 0 Å². The molecule has 0 spiro atoms. The molecule has 4 nitrogen and oxygen atoms in total. The molecule has 0 amide bonds. The molecule has 0 fully saturated rings. The normalized spacial score (nSPS) is 12.2. The van der Waals surface area contributed by atoms with Crippen molar-refractivity contribution in [2.45, 2.75) is 43.5 Å². The molecule has 1 aromatic heterocycles. The van der Waals surface area contributed by atoms with Gasteiger partial charge in [-0.05, 0) is 29.7 Å². The quantitative estimate of drug-likeness (QED) is 0.478. The minimum atomic E-state index is 0.146. The number of hydrogen-bond donors (Lipinski definition) is 2. The van der Waals surface area contributed by atoms with E-state index in [9.17, 15) is 0 Å². The molecule has 0 saturated carbocycles. The highest BCUT2D eigenvalue weighted by Gasteiger charge is 2.13. The van der Waals surface area contributed by atoms with Gasteiger partial charge in [-0.3, -0.25) is 0 Å². The summed E-state index contributed by atoms with van der Waals surface area (Å²) in [6, 6.07) is 14.4. The standard InChI is InChI=1S/C19H26N4S/c1-19(2,3)24-17-13-16(10-11-21-17)14-23-18(20)22-12-9-15-7-5-4-6-8-15/h4-8,10-11,13H,9,12,14H2,1-3H3,(H3,20,22,23). The van der Waals surface area contributed by atoms with Crippen molar-refractivity contribution in [2.75, 3.05) is 6.54 Å². The van der Waals surface area contributed by atoms with Gasteiger partial charge in [-0.15, -0.1) is 11.8 Å². The SMILES string of the molecule is CC(C)(C)Sc1cc(CN=C(N)NCCc2ccccc2)ccn1. The third kappa shape index (κ3) is 7.04. The monoisotopic (exact) mass is 342 g/mol. The van der Waals surface area contributed by atoms with E-state index in [-0.39, 0.29) is 4.75 Å². The predicted octanol–water partition coefficient (Wildman–Crippen LogP) is 3.62. The molecule has 0 saturated heterocycles. The zero-order chi connectivity index (χ0) is 17.4. The third-order valence-electron chi connectivity index (χ3n) is 3.20. The summed E-state index contributed by atoms with van der Waals surface area (Å²) in [4.78, 5) is 8.81. The first-order valence-electron chi connectivity index (χ1n) is 8.14. The highest BCUT2D eigenvalue weighted by Crippen LogP contribution is 2.30. The Morgan fingerprint density at radius 1 is 1.17 bits per heavy atom. The van der Waals surface area contributed by atoms with Crippen LogP contribution in [0.5, 0.6) is 0 Å². The maximum atomic E-state index is 5.94. The van der Waals surface area contributed by atoms with Gasteiger partial charge in [0.2, 0.25) is 0 Å². The summed E-state index contributed by atoms with van der Waals surface area (Å²) < 4.78 is 0.146. The van der Waals surface area contributed by atoms with Gasteiger partial charge in [-0.2, -0.15) is 0 Å². The van der Waals surface area contributed by atoms with E-state index in [1.54, 1.807) is 11.8 Å². The zero-order valence-electron chi connectivity index (χ0n) is 14.6. The Bertz CT molecular complexity index is 663. The number of nitrogens with one attached hydrogen (secondary N) is 1. The number of nitrogens with zero attached hydrogens (tertiary/aromatic N) is 2. The summed E-state index contributed by atoms with van der Waals surface area (Å²) in [5, 5.41) is 4.18. The Morgan fingerprint density at radius 3 is 2.62 bits per heavy atom. The lowest BCUT2D eigenvalue weighted by Gasteiger charge is -2.16. The number of rotatable bonds is 6. The van der Waals surface area contributed by atoms with Crippen LogP contribution in [0.15, 0.2) is 58.7 Å². The highest BCUT2D eigenvalue weighted by atomic mass is 32.2. The lowest BCUT2D eigenvalue weighted by molar-refractivity contribution is 0.798. The summed E-state index contributed by atoms with van der Waals surface area (Å²) >= 11 is 1.75. The van der Waals surface area contributed by atoms with E-state index in [4.69, 9.17) is 5.73 Å². The van der Waals surface area contributed by atoms with Gasteiger partial charge in [0.25, 0.3) is 0 Å². The first-order chi connectivity index (χ1) is 11.4. The molecule has 0 bridgehead atoms. The lowest BCUT2D eigenvalue weighted by Crippen LogP contribution is -2.33. The van der Waals surface area contributed by atoms with Crippen molar-refractivity contribution >= 4 is 17.7 Å². The molecule has 5 heteroatoms. The van der Waals surface area contributed by atoms with Crippen molar-refractivity contribution in [3.63, 3.8) is 0 Å². The van der Waals surface area contributed by atoms with Gasteiger partial charge in [0.15, 0.2) is 5.96 Å². The first-order valence-corrected chi connectivity index (χ1v) is 8.96. The summed E-state index contributed by atoms with van der Waals surface area (Å²) in [6.45, 7) is 7.88. The highest BCUT2D eigenvalue weighted by molar-refractivity contribution is 8.00. The van der Waals surface area contributed by atoms with Gasteiger partial charge in [0.05, 0.1) is 11.6 Å². The Hall–Kier alpha value is -2.01. The van der Waals surface area contributed by atoms with Gasteiger partial charge < -0.3 is 11.1 Å². The molecule has 0 aliphatic heterocycles. The van der Waals surface area contributed by atoms with Crippen molar-refractivity contribution in [3.05, 3.63) is 59.8 Å². The lowest BCUT2D eigenvalue weighted by atomic mass is 10.1. The molecule has 24 heavy (non-hydrogen) atoms. The maximum absolute atomic E-state index is 5.94. The van der Waals surface area contributed by atoms with Crippen molar-refractivity contribution in [1.29, 1.82) is 0 Å². The fraction of sp³-hybridized carbons (Fsp3) is 0.368. The number of hydrogen-bond acceptors (Lipinski definition) is 3. The minimum Gasteiger partial charge on any atom is -0.370 e. The smallest absolute Gasteiger partial charge is 0.188 e. The van der Waals surface area contributed by atoms with Crippen LogP contribution in [0.1, 0.15) is 31.9 Å². The number of aromatic nitrogens is 1. The Kier molecular flexibility index (Phi) is 6.67. The van der Waals surface area contributed by atoms with Crippen LogP contribution >= 0.6 is 11.8 Å². The second-order valence-electron chi connectivity index (χ2n) is 6.58. The Labute approximate surface area is 149 Å². The molecule has 0 atom stereocenters. The van der Waals surface area contributed by atoms with E-state index < -0.39 is 0 Å². The number of benzene rings is 1. The molecule has 0 aliphatic carbocycles. The van der Waals surface area contributed by atoms with Crippen molar-refractivity contribution in [3.8, 4) is 0 Å². The van der Waals surface area contributed by atoms with Gasteiger partial charge >= 0.3 is 0 Å². The fourth-order valence-electron chi connectivity index (χ4n) is 2.13. The summed E-state index contributed by atoms with van der Waals surface area (Å²) in [6.07, 6.45) is 2.76. The van der Waals surface area contributed by atoms with E-state index >= 15 is 0 Å². The number of thioether (sulfide) groups is 1. The number of pyridine rings is 1. The average Bonchev–Trinajstić information content (AvgIpc) is 2.53. The van der Waals surface area contributed by atoms with Crippen molar-refractivity contribution < 1.29 is 0 Å². The van der Waals surface area contributed by atoms with Gasteiger partial charge in [-0.1, -0.05) is 51.1 Å². The van der Waals surface area contributed by atoms with E-state index in [0.717, 1.165) is 23.6 Å². The van der Waals surface area contributed by atoms with E-state index in [1.807, 2.05) is 30.5 Å². The molecule has 128 valence electrons. The number of nitrogens with two attached hydrogens (primary N) is 1. The van der Waals surface area contributed by atoms with Crippen LogP contribution in [0.25, 0.3) is 0 Å². The molecule has 0 radical (unpaired) electrons. The predicted molar refractivity (Wildman–Crippen MR) is 103 cm³/mol. The summed E-state index contributed by atoms with van der Waals surface area (Å²) in [5.74, 6) is 0.479. The van der Waals surface area contributed by atoms with Gasteiger partial charge in [0.1, 0.15) is 0 Å². The zero-order valence-corrected chi connectivity index (χ0v) is 15.4. The van der Waals surface area contributed by atoms with Crippen LogP contribution in [-0.2, 0) is 13.0 Å². The van der Waals surface area contributed by atoms with Crippen LogP contribution < -0.4 is 11.1 Å². The van der Waals surface area contributed by atoms with Crippen LogP contribution in [-0.4, -0.2) is 22.2 Å². The average molecular weight is 343 g/mol. The second-order valence-corrected chi connectivity index (χ2v) is 8.43. The van der Waals surface area contributed by atoms with Crippen molar-refractivity contribution in [2.24, 2.45) is 10.7 Å². The van der Waals surface area contributed by atoms with Crippen LogP contribution in [0, 0.1) is 0 Å². The van der Waals surface area contributed by atoms with Gasteiger partial charge in [0, 0.05) is 17.5 Å². The molecule has 0 unspecified atom stereocenters. The Balaban J connectivity index is 1.82. The Morgan fingerprint density at radius 2 is 1.92 bits per heavy atom. The van der Waals surface area contributed by atoms with E-state index in [1.165, 1.54) is 5.56 Å². The third-order valence-corrected chi connectivity index (χ3v) is 4.25. The number of guanidine groups is 1. The van der Waals surface area contributed by atoms with E-state index in [2.05, 4.69) is 54.3 Å². The second kappa shape index (κ2) is 8.73.